The smallest absolute Gasteiger partial charge is 0.223 e. The zero-order valence-electron chi connectivity index (χ0n) is 16.1. The molecule has 1 saturated heterocycles. The molecule has 3 aliphatic rings. The summed E-state index contributed by atoms with van der Waals surface area (Å²) in [5.74, 6) is 1.35. The fourth-order valence-electron chi connectivity index (χ4n) is 4.36. The lowest BCUT2D eigenvalue weighted by Crippen LogP contribution is -2.63. The lowest BCUT2D eigenvalue weighted by atomic mass is 9.74. The Morgan fingerprint density at radius 1 is 1.48 bits per heavy atom. The Labute approximate surface area is 160 Å². The number of hydrogen-bond acceptors (Lipinski definition) is 6. The van der Waals surface area contributed by atoms with E-state index in [4.69, 9.17) is 4.74 Å². The number of aliphatic hydroxyl groups excluding tert-OH is 1. The SMILES string of the molecule is Cn1cnnc1C(CO)NC(=O)CC1CN(CCC2CC2)C2(CCC2)CO1. The molecule has 27 heavy (non-hydrogen) atoms. The molecule has 8 nitrogen and oxygen atoms in total. The van der Waals surface area contributed by atoms with Crippen LogP contribution in [0.3, 0.4) is 0 Å². The number of aromatic nitrogens is 3. The third kappa shape index (κ3) is 4.17. The van der Waals surface area contributed by atoms with Crippen molar-refractivity contribution in [2.24, 2.45) is 13.0 Å². The molecule has 3 fully saturated rings. The summed E-state index contributed by atoms with van der Waals surface area (Å²) in [6.07, 6.45) is 9.54. The van der Waals surface area contributed by atoms with Crippen molar-refractivity contribution in [1.82, 2.24) is 25.0 Å². The molecular weight excluding hydrogens is 346 g/mol. The minimum absolute atomic E-state index is 0.0886. The van der Waals surface area contributed by atoms with Crippen LogP contribution in [0.25, 0.3) is 0 Å². The molecule has 0 radical (unpaired) electrons. The number of rotatable bonds is 8. The monoisotopic (exact) mass is 377 g/mol. The van der Waals surface area contributed by atoms with Gasteiger partial charge in [-0.1, -0.05) is 12.8 Å². The van der Waals surface area contributed by atoms with Crippen LogP contribution >= 0.6 is 0 Å². The molecule has 1 aromatic rings. The number of nitrogens with one attached hydrogen (secondary N) is 1. The highest BCUT2D eigenvalue weighted by atomic mass is 16.5. The quantitative estimate of drug-likeness (QED) is 0.695. The average molecular weight is 377 g/mol. The fraction of sp³-hybridized carbons (Fsp3) is 0.842. The summed E-state index contributed by atoms with van der Waals surface area (Å²) in [7, 11) is 1.80. The largest absolute Gasteiger partial charge is 0.394 e. The molecule has 1 spiro atoms. The Morgan fingerprint density at radius 3 is 2.89 bits per heavy atom. The van der Waals surface area contributed by atoms with E-state index in [1.807, 2.05) is 0 Å². The summed E-state index contributed by atoms with van der Waals surface area (Å²) in [6, 6.07) is -0.544. The molecule has 2 atom stereocenters. The zero-order valence-corrected chi connectivity index (χ0v) is 16.1. The highest BCUT2D eigenvalue weighted by Gasteiger charge is 2.47. The van der Waals surface area contributed by atoms with Crippen LogP contribution in [0.5, 0.6) is 0 Å². The molecule has 1 aromatic heterocycles. The maximum Gasteiger partial charge on any atom is 0.223 e. The third-order valence-electron chi connectivity index (χ3n) is 6.46. The minimum Gasteiger partial charge on any atom is -0.394 e. The van der Waals surface area contributed by atoms with Gasteiger partial charge in [0.15, 0.2) is 5.82 Å². The van der Waals surface area contributed by atoms with Crippen LogP contribution in [0, 0.1) is 5.92 Å². The molecule has 2 saturated carbocycles. The van der Waals surface area contributed by atoms with Crippen LogP contribution in [-0.2, 0) is 16.6 Å². The third-order valence-corrected chi connectivity index (χ3v) is 6.46. The second kappa shape index (κ2) is 7.85. The first-order valence-corrected chi connectivity index (χ1v) is 10.2. The van der Waals surface area contributed by atoms with Gasteiger partial charge in [-0.15, -0.1) is 10.2 Å². The van der Waals surface area contributed by atoms with E-state index in [1.54, 1.807) is 17.9 Å². The number of hydrogen-bond donors (Lipinski definition) is 2. The summed E-state index contributed by atoms with van der Waals surface area (Å²) in [5, 5.41) is 20.3. The van der Waals surface area contributed by atoms with E-state index in [2.05, 4.69) is 20.4 Å². The van der Waals surface area contributed by atoms with Gasteiger partial charge in [0, 0.05) is 19.1 Å². The number of nitrogens with zero attached hydrogens (tertiary/aromatic N) is 4. The van der Waals surface area contributed by atoms with Crippen LogP contribution in [0.4, 0.5) is 0 Å². The first-order chi connectivity index (χ1) is 13.1. The van der Waals surface area contributed by atoms with E-state index < -0.39 is 6.04 Å². The van der Waals surface area contributed by atoms with Gasteiger partial charge in [-0.25, -0.2) is 0 Å². The predicted molar refractivity (Wildman–Crippen MR) is 98.8 cm³/mol. The first kappa shape index (κ1) is 18.8. The summed E-state index contributed by atoms with van der Waals surface area (Å²) >= 11 is 0. The van der Waals surface area contributed by atoms with Crippen molar-refractivity contribution in [3.05, 3.63) is 12.2 Å². The van der Waals surface area contributed by atoms with Gasteiger partial charge in [-0.2, -0.15) is 0 Å². The van der Waals surface area contributed by atoms with Crippen LogP contribution < -0.4 is 5.32 Å². The highest BCUT2D eigenvalue weighted by Crippen LogP contribution is 2.42. The molecule has 2 unspecified atom stereocenters. The molecule has 0 bridgehead atoms. The van der Waals surface area contributed by atoms with E-state index in [0.717, 1.165) is 25.6 Å². The molecule has 8 heteroatoms. The number of aliphatic hydroxyl groups is 1. The molecule has 4 rings (SSSR count). The van der Waals surface area contributed by atoms with Crippen molar-refractivity contribution in [1.29, 1.82) is 0 Å². The van der Waals surface area contributed by atoms with Gasteiger partial charge in [0.05, 0.1) is 25.7 Å². The number of aryl methyl sites for hydroxylation is 1. The van der Waals surface area contributed by atoms with E-state index in [1.165, 1.54) is 38.5 Å². The number of morpholine rings is 1. The van der Waals surface area contributed by atoms with Gasteiger partial charge in [0.25, 0.3) is 0 Å². The Hall–Kier alpha value is -1.51. The van der Waals surface area contributed by atoms with Crippen molar-refractivity contribution < 1.29 is 14.6 Å². The standard InChI is InChI=1S/C19H31N5O3/c1-23-13-20-22-18(23)16(11-25)21-17(26)9-15-10-24(8-5-14-3-4-14)19(12-27-15)6-2-7-19/h13-16,25H,2-12H2,1H3,(H,21,26). The lowest BCUT2D eigenvalue weighted by molar-refractivity contribution is -0.152. The summed E-state index contributed by atoms with van der Waals surface area (Å²) in [4.78, 5) is 15.1. The van der Waals surface area contributed by atoms with Gasteiger partial charge in [-0.3, -0.25) is 9.69 Å². The second-order valence-corrected chi connectivity index (χ2v) is 8.50. The van der Waals surface area contributed by atoms with E-state index in [9.17, 15) is 9.90 Å². The maximum absolute atomic E-state index is 12.5. The van der Waals surface area contributed by atoms with Gasteiger partial charge in [0.2, 0.25) is 5.91 Å². The fourth-order valence-corrected chi connectivity index (χ4v) is 4.36. The summed E-state index contributed by atoms with van der Waals surface area (Å²) < 4.78 is 7.80. The molecule has 2 heterocycles. The molecule has 150 valence electrons. The Bertz CT molecular complexity index is 656. The Kier molecular flexibility index (Phi) is 5.48. The highest BCUT2D eigenvalue weighted by molar-refractivity contribution is 5.76. The molecule has 1 amide bonds. The summed E-state index contributed by atoms with van der Waals surface area (Å²) in [5.41, 5.74) is 0.230. The van der Waals surface area contributed by atoms with Gasteiger partial charge in [0.1, 0.15) is 12.4 Å². The molecule has 0 aromatic carbocycles. The van der Waals surface area contributed by atoms with Crippen molar-refractivity contribution >= 4 is 5.91 Å². The minimum atomic E-state index is -0.544. The molecular formula is C19H31N5O3. The first-order valence-electron chi connectivity index (χ1n) is 10.2. The van der Waals surface area contributed by atoms with Crippen LogP contribution in [0.1, 0.15) is 56.8 Å². The molecule has 2 aliphatic carbocycles. The number of ether oxygens (including phenoxy) is 1. The average Bonchev–Trinajstić information content (AvgIpc) is 3.36. The van der Waals surface area contributed by atoms with Crippen molar-refractivity contribution in [3.63, 3.8) is 0 Å². The van der Waals surface area contributed by atoms with Crippen molar-refractivity contribution in [2.45, 2.75) is 62.6 Å². The molecule has 1 aliphatic heterocycles. The van der Waals surface area contributed by atoms with Crippen molar-refractivity contribution in [2.75, 3.05) is 26.3 Å². The predicted octanol–water partition coefficient (Wildman–Crippen LogP) is 0.778. The zero-order chi connectivity index (χ0) is 18.9. The Balaban J connectivity index is 1.31. The van der Waals surface area contributed by atoms with Crippen molar-refractivity contribution in [3.8, 4) is 0 Å². The Morgan fingerprint density at radius 2 is 2.30 bits per heavy atom. The maximum atomic E-state index is 12.5. The topological polar surface area (TPSA) is 92.5 Å². The van der Waals surface area contributed by atoms with E-state index in [-0.39, 0.29) is 24.2 Å². The summed E-state index contributed by atoms with van der Waals surface area (Å²) in [6.45, 7) is 2.49. The van der Waals surface area contributed by atoms with Crippen LogP contribution in [-0.4, -0.2) is 68.6 Å². The normalized spacial score (nSPS) is 25.9. The second-order valence-electron chi connectivity index (χ2n) is 8.50. The van der Waals surface area contributed by atoms with E-state index in [0.29, 0.717) is 12.2 Å². The van der Waals surface area contributed by atoms with Gasteiger partial charge < -0.3 is 19.7 Å². The molecule has 2 N–H and O–H groups in total. The van der Waals surface area contributed by atoms with E-state index >= 15 is 0 Å². The lowest BCUT2D eigenvalue weighted by Gasteiger charge is -2.54. The number of carbonyl (C=O) groups excluding carboxylic acids is 1. The number of carbonyl (C=O) groups is 1. The van der Waals surface area contributed by atoms with Crippen LogP contribution in [0.2, 0.25) is 0 Å². The van der Waals surface area contributed by atoms with Crippen LogP contribution in [0.15, 0.2) is 6.33 Å². The van der Waals surface area contributed by atoms with Gasteiger partial charge in [-0.05, 0) is 38.1 Å². The number of amides is 1. The van der Waals surface area contributed by atoms with Gasteiger partial charge >= 0.3 is 0 Å².